The van der Waals surface area contributed by atoms with Crippen LogP contribution in [0.15, 0.2) is 170 Å². The molecule has 0 fully saturated rings. The van der Waals surface area contributed by atoms with Crippen molar-refractivity contribution in [3.8, 4) is 22.3 Å². The Morgan fingerprint density at radius 1 is 0.240 bits per heavy atom. The first-order valence-electron chi connectivity index (χ1n) is 17.3. The molecule has 8 aromatic rings. The maximum absolute atomic E-state index is 2.34. The first-order valence-corrected chi connectivity index (χ1v) is 17.3. The summed E-state index contributed by atoms with van der Waals surface area (Å²) in [6.07, 6.45) is 9.11. The zero-order chi connectivity index (χ0) is 33.0. The third-order valence-corrected chi connectivity index (χ3v) is 10.3. The number of hydrogen-bond acceptors (Lipinski definition) is 0. The van der Waals surface area contributed by atoms with Gasteiger partial charge in [0.15, 0.2) is 0 Å². The van der Waals surface area contributed by atoms with E-state index in [9.17, 15) is 0 Å². The number of rotatable bonds is 4. The first-order chi connectivity index (χ1) is 24.7. The fraction of sp³-hybridized carbons (Fsp3) is 0. The molecule has 8 aromatic carbocycles. The topological polar surface area (TPSA) is 0 Å². The molecule has 2 aliphatic rings. The third kappa shape index (κ3) is 4.85. The number of fused-ring (bicyclic) bond motifs is 8. The van der Waals surface area contributed by atoms with E-state index in [1.54, 1.807) is 0 Å². The maximum Gasteiger partial charge on any atom is -0.00930 e. The second kappa shape index (κ2) is 11.6. The molecule has 0 heteroatoms. The van der Waals surface area contributed by atoms with E-state index in [2.05, 4.69) is 194 Å². The Labute approximate surface area is 292 Å². The van der Waals surface area contributed by atoms with Crippen molar-refractivity contribution in [2.45, 2.75) is 0 Å². The molecule has 0 aliphatic heterocycles. The molecule has 50 heavy (non-hydrogen) atoms. The summed E-state index contributed by atoms with van der Waals surface area (Å²) in [7, 11) is 0. The van der Waals surface area contributed by atoms with E-state index < -0.39 is 0 Å². The second-order valence-electron chi connectivity index (χ2n) is 13.4. The van der Waals surface area contributed by atoms with Gasteiger partial charge in [-0.25, -0.2) is 0 Å². The molecule has 0 spiro atoms. The Morgan fingerprint density at radius 3 is 0.820 bits per heavy atom. The number of benzene rings is 8. The summed E-state index contributed by atoms with van der Waals surface area (Å²) in [5.41, 5.74) is 17.9. The van der Waals surface area contributed by atoms with Gasteiger partial charge >= 0.3 is 0 Å². The minimum absolute atomic E-state index is 1.20. The van der Waals surface area contributed by atoms with Gasteiger partial charge in [0.25, 0.3) is 0 Å². The Balaban J connectivity index is 0.908. The van der Waals surface area contributed by atoms with Crippen molar-refractivity contribution in [1.29, 1.82) is 0 Å². The van der Waals surface area contributed by atoms with Crippen LogP contribution in [0.2, 0.25) is 0 Å². The second-order valence-corrected chi connectivity index (χ2v) is 13.4. The summed E-state index contributed by atoms with van der Waals surface area (Å²) in [5, 5.41) is 4.98. The van der Waals surface area contributed by atoms with Gasteiger partial charge in [0.05, 0.1) is 0 Å². The average molecular weight is 633 g/mol. The van der Waals surface area contributed by atoms with Crippen LogP contribution in [0, 0.1) is 0 Å². The monoisotopic (exact) mass is 632 g/mol. The van der Waals surface area contributed by atoms with Crippen LogP contribution in [0.4, 0.5) is 0 Å². The first kappa shape index (κ1) is 28.5. The van der Waals surface area contributed by atoms with E-state index in [0.29, 0.717) is 0 Å². The molecule has 10 rings (SSSR count). The Morgan fingerprint density at radius 2 is 0.500 bits per heavy atom. The predicted octanol–water partition coefficient (Wildman–Crippen LogP) is 13.3. The van der Waals surface area contributed by atoms with Crippen LogP contribution in [-0.2, 0) is 0 Å². The van der Waals surface area contributed by atoms with Gasteiger partial charge in [0.1, 0.15) is 0 Å². The fourth-order valence-electron chi connectivity index (χ4n) is 7.89. The van der Waals surface area contributed by atoms with Crippen molar-refractivity contribution in [2.24, 2.45) is 0 Å². The normalized spacial score (nSPS) is 12.6. The lowest BCUT2D eigenvalue weighted by molar-refractivity contribution is 1.65. The molecule has 0 atom stereocenters. The van der Waals surface area contributed by atoms with Crippen LogP contribution in [0.1, 0.15) is 44.5 Å². The van der Waals surface area contributed by atoms with Gasteiger partial charge in [0.2, 0.25) is 0 Å². The fourth-order valence-corrected chi connectivity index (χ4v) is 7.89. The molecular weight excluding hydrogens is 601 g/mol. The molecule has 0 amide bonds. The van der Waals surface area contributed by atoms with E-state index in [1.807, 2.05) is 0 Å². The maximum atomic E-state index is 2.34. The van der Waals surface area contributed by atoms with Crippen molar-refractivity contribution < 1.29 is 0 Å². The van der Waals surface area contributed by atoms with Crippen LogP contribution < -0.4 is 0 Å². The summed E-state index contributed by atoms with van der Waals surface area (Å²) in [4.78, 5) is 0. The minimum atomic E-state index is 1.20. The average Bonchev–Trinajstić information content (AvgIpc) is 3.66. The molecule has 2 aliphatic carbocycles. The summed E-state index contributed by atoms with van der Waals surface area (Å²) in [6, 6.07) is 62.0. The number of hydrogen-bond donors (Lipinski definition) is 0. The molecule has 0 aromatic heterocycles. The SMILES string of the molecule is C(=C1c2ccccc2-c2ccccc21)c1ccc2cc(/C=C/c3ccc4cc(C=C5c6ccccc6-c6ccccc65)ccc4c3)ccc2c1. The highest BCUT2D eigenvalue weighted by Crippen LogP contribution is 2.46. The highest BCUT2D eigenvalue weighted by molar-refractivity contribution is 6.08. The zero-order valence-electron chi connectivity index (χ0n) is 27.5. The van der Waals surface area contributed by atoms with Crippen LogP contribution in [0.25, 0.3) is 79.2 Å². The van der Waals surface area contributed by atoms with Crippen LogP contribution in [0.3, 0.4) is 0 Å². The summed E-state index contributed by atoms with van der Waals surface area (Å²) >= 11 is 0. The Bertz CT molecular complexity index is 2460. The van der Waals surface area contributed by atoms with Gasteiger partial charge in [-0.15, -0.1) is 0 Å². The zero-order valence-corrected chi connectivity index (χ0v) is 27.5. The summed E-state index contributed by atoms with van der Waals surface area (Å²) < 4.78 is 0. The largest absolute Gasteiger partial charge is 0.0616 e. The molecule has 0 radical (unpaired) electrons. The minimum Gasteiger partial charge on any atom is -0.0616 e. The lowest BCUT2D eigenvalue weighted by atomic mass is 9.98. The van der Waals surface area contributed by atoms with Crippen molar-refractivity contribution >= 4 is 57.0 Å². The van der Waals surface area contributed by atoms with Crippen molar-refractivity contribution in [1.82, 2.24) is 0 Å². The van der Waals surface area contributed by atoms with E-state index in [4.69, 9.17) is 0 Å². The molecule has 0 unspecified atom stereocenters. The van der Waals surface area contributed by atoms with Gasteiger partial charge in [-0.1, -0.05) is 158 Å². The molecule has 0 saturated heterocycles. The summed E-state index contributed by atoms with van der Waals surface area (Å²) in [6.45, 7) is 0. The molecule has 0 nitrogen and oxygen atoms in total. The molecule has 0 bridgehead atoms. The summed E-state index contributed by atoms with van der Waals surface area (Å²) in [5.74, 6) is 0. The third-order valence-electron chi connectivity index (χ3n) is 10.3. The predicted molar refractivity (Wildman–Crippen MR) is 215 cm³/mol. The van der Waals surface area contributed by atoms with E-state index in [1.165, 1.54) is 99.5 Å². The molecule has 0 heterocycles. The Hall–Kier alpha value is -6.50. The van der Waals surface area contributed by atoms with Gasteiger partial charge in [-0.2, -0.15) is 0 Å². The van der Waals surface area contributed by atoms with Gasteiger partial charge in [-0.05, 0) is 136 Å². The molecule has 232 valence electrons. The quantitative estimate of drug-likeness (QED) is 0.169. The van der Waals surface area contributed by atoms with Gasteiger partial charge in [-0.3, -0.25) is 0 Å². The highest BCUT2D eigenvalue weighted by atomic mass is 14.3. The van der Waals surface area contributed by atoms with E-state index in [-0.39, 0.29) is 0 Å². The van der Waals surface area contributed by atoms with Crippen LogP contribution >= 0.6 is 0 Å². The van der Waals surface area contributed by atoms with E-state index >= 15 is 0 Å². The van der Waals surface area contributed by atoms with Crippen LogP contribution in [-0.4, -0.2) is 0 Å². The van der Waals surface area contributed by atoms with Gasteiger partial charge < -0.3 is 0 Å². The van der Waals surface area contributed by atoms with Gasteiger partial charge in [0, 0.05) is 0 Å². The molecular formula is C50H32. The standard InChI is InChI=1S/C50H32/c1-5-13-45-41(9-1)42-10-2-6-14-46(42)49(45)31-35-21-25-37-27-33(19-23-39(37)29-35)17-18-34-20-24-40-30-36(22-26-38(40)28-34)32-50-47-15-7-3-11-43(47)44-12-4-8-16-48(44)50/h1-32H/b18-17+. The van der Waals surface area contributed by atoms with Crippen molar-refractivity contribution in [2.75, 3.05) is 0 Å². The molecule has 0 saturated carbocycles. The smallest absolute Gasteiger partial charge is 0.00930 e. The highest BCUT2D eigenvalue weighted by Gasteiger charge is 2.23. The molecule has 0 N–H and O–H groups in total. The Kier molecular flexibility index (Phi) is 6.60. The van der Waals surface area contributed by atoms with Crippen LogP contribution in [0.5, 0.6) is 0 Å². The van der Waals surface area contributed by atoms with Crippen molar-refractivity contribution in [3.05, 3.63) is 214 Å². The lowest BCUT2D eigenvalue weighted by Crippen LogP contribution is -1.83. The van der Waals surface area contributed by atoms with Crippen molar-refractivity contribution in [3.63, 3.8) is 0 Å². The van der Waals surface area contributed by atoms with E-state index in [0.717, 1.165) is 0 Å². The lowest BCUT2D eigenvalue weighted by Gasteiger charge is -2.06.